The van der Waals surface area contributed by atoms with E-state index >= 15 is 0 Å². The highest BCUT2D eigenvalue weighted by atomic mass is 32.2. The lowest BCUT2D eigenvalue weighted by molar-refractivity contribution is 0.0977. The summed E-state index contributed by atoms with van der Waals surface area (Å²) in [4.78, 5) is 16.4. The Kier molecular flexibility index (Phi) is 5.88. The number of halogens is 2. The lowest BCUT2D eigenvalue weighted by Gasteiger charge is -2.13. The third-order valence-corrected chi connectivity index (χ3v) is 5.78. The fraction of sp³-hybridized carbons (Fsp3) is 0.200. The Bertz CT molecular complexity index is 1200. The van der Waals surface area contributed by atoms with Crippen LogP contribution in [-0.4, -0.2) is 30.5 Å². The van der Waals surface area contributed by atoms with Crippen molar-refractivity contribution in [3.8, 4) is 17.1 Å². The number of hydrogen-bond acceptors (Lipinski definition) is 5. The maximum atomic E-state index is 14.1. The largest absolute Gasteiger partial charge is 0.492 e. The summed E-state index contributed by atoms with van der Waals surface area (Å²) in [6.07, 6.45) is 1.19. The standard InChI is InChI=1S/C20H19F2N3O4S/c1-4-29-16-10-5-7-12(2)18(16)30(27,28)24-20(26)15-11-25(3)19(23-15)17-13(21)8-6-9-14(17)22/h5-11H,4H2,1-3H3,(H,24,26). The summed E-state index contributed by atoms with van der Waals surface area (Å²) in [5.41, 5.74) is -0.346. The number of nitrogens with zero attached hydrogens (tertiary/aromatic N) is 2. The molecule has 10 heteroatoms. The topological polar surface area (TPSA) is 90.3 Å². The number of ether oxygens (including phenoxy) is 1. The fourth-order valence-electron chi connectivity index (χ4n) is 2.98. The second-order valence-corrected chi connectivity index (χ2v) is 8.05. The number of benzene rings is 2. The van der Waals surface area contributed by atoms with Gasteiger partial charge in [0.2, 0.25) is 0 Å². The summed E-state index contributed by atoms with van der Waals surface area (Å²) in [5, 5.41) is 0. The smallest absolute Gasteiger partial charge is 0.285 e. The lowest BCUT2D eigenvalue weighted by Crippen LogP contribution is -2.31. The van der Waals surface area contributed by atoms with E-state index in [2.05, 4.69) is 4.98 Å². The Hall–Kier alpha value is -3.27. The van der Waals surface area contributed by atoms with E-state index in [4.69, 9.17) is 4.74 Å². The first kappa shape index (κ1) is 21.4. The summed E-state index contributed by atoms with van der Waals surface area (Å²) in [7, 11) is -2.86. The number of carbonyl (C=O) groups excluding carboxylic acids is 1. The molecule has 7 nitrogen and oxygen atoms in total. The highest BCUT2D eigenvalue weighted by molar-refractivity contribution is 7.90. The van der Waals surface area contributed by atoms with Crippen LogP contribution in [-0.2, 0) is 17.1 Å². The van der Waals surface area contributed by atoms with Crippen molar-refractivity contribution in [2.75, 3.05) is 6.61 Å². The van der Waals surface area contributed by atoms with E-state index < -0.39 is 33.1 Å². The molecule has 0 aliphatic rings. The van der Waals surface area contributed by atoms with Gasteiger partial charge >= 0.3 is 0 Å². The highest BCUT2D eigenvalue weighted by Crippen LogP contribution is 2.28. The van der Waals surface area contributed by atoms with Crippen LogP contribution in [0, 0.1) is 18.6 Å². The van der Waals surface area contributed by atoms with Gasteiger partial charge in [0.25, 0.3) is 15.9 Å². The molecule has 0 aliphatic carbocycles. The molecule has 30 heavy (non-hydrogen) atoms. The Morgan fingerprint density at radius 3 is 2.43 bits per heavy atom. The molecule has 158 valence electrons. The van der Waals surface area contributed by atoms with Gasteiger partial charge in [-0.05, 0) is 37.6 Å². The Balaban J connectivity index is 1.96. The van der Waals surface area contributed by atoms with Gasteiger partial charge < -0.3 is 9.30 Å². The zero-order valence-corrected chi connectivity index (χ0v) is 17.3. The lowest BCUT2D eigenvalue weighted by atomic mass is 10.2. The molecule has 1 amide bonds. The summed E-state index contributed by atoms with van der Waals surface area (Å²) >= 11 is 0. The van der Waals surface area contributed by atoms with Crippen molar-refractivity contribution in [2.45, 2.75) is 18.7 Å². The van der Waals surface area contributed by atoms with Crippen LogP contribution in [0.25, 0.3) is 11.4 Å². The number of aryl methyl sites for hydroxylation is 2. The minimum Gasteiger partial charge on any atom is -0.492 e. The van der Waals surface area contributed by atoms with Gasteiger partial charge in [-0.15, -0.1) is 0 Å². The zero-order chi connectivity index (χ0) is 22.1. The molecule has 0 spiro atoms. The van der Waals surface area contributed by atoms with Gasteiger partial charge in [-0.2, -0.15) is 0 Å². The average molecular weight is 435 g/mol. The predicted molar refractivity (Wildman–Crippen MR) is 106 cm³/mol. The molecule has 0 fully saturated rings. The molecule has 1 heterocycles. The second-order valence-electron chi connectivity index (χ2n) is 6.43. The molecule has 3 aromatic rings. The van der Waals surface area contributed by atoms with Crippen molar-refractivity contribution in [1.82, 2.24) is 14.3 Å². The Morgan fingerprint density at radius 1 is 1.17 bits per heavy atom. The van der Waals surface area contributed by atoms with E-state index in [1.165, 1.54) is 29.9 Å². The molecule has 0 aliphatic heterocycles. The van der Waals surface area contributed by atoms with Gasteiger partial charge in [0.05, 0.1) is 12.2 Å². The van der Waals surface area contributed by atoms with Crippen LogP contribution < -0.4 is 9.46 Å². The van der Waals surface area contributed by atoms with Crippen LogP contribution in [0.4, 0.5) is 8.78 Å². The maximum Gasteiger partial charge on any atom is 0.285 e. The number of nitrogens with one attached hydrogen (secondary N) is 1. The van der Waals surface area contributed by atoms with Gasteiger partial charge in [-0.1, -0.05) is 18.2 Å². The first-order valence-corrected chi connectivity index (χ1v) is 10.4. The Morgan fingerprint density at radius 2 is 1.80 bits per heavy atom. The van der Waals surface area contributed by atoms with Crippen molar-refractivity contribution in [3.05, 3.63) is 65.5 Å². The predicted octanol–water partition coefficient (Wildman–Crippen LogP) is 3.19. The molecule has 1 aromatic heterocycles. The van der Waals surface area contributed by atoms with Gasteiger partial charge in [0.1, 0.15) is 33.8 Å². The van der Waals surface area contributed by atoms with Gasteiger partial charge in [-0.25, -0.2) is 26.9 Å². The van der Waals surface area contributed by atoms with E-state index in [0.29, 0.717) is 5.56 Å². The van der Waals surface area contributed by atoms with E-state index in [9.17, 15) is 22.0 Å². The first-order chi connectivity index (χ1) is 14.2. The van der Waals surface area contributed by atoms with Crippen LogP contribution in [0.5, 0.6) is 5.75 Å². The third kappa shape index (κ3) is 4.04. The number of rotatable bonds is 6. The molecule has 0 saturated heterocycles. The van der Waals surface area contributed by atoms with Crippen LogP contribution >= 0.6 is 0 Å². The minimum absolute atomic E-state index is 0.105. The monoisotopic (exact) mass is 435 g/mol. The van der Waals surface area contributed by atoms with Crippen LogP contribution in [0.1, 0.15) is 23.0 Å². The Labute approximate surface area is 172 Å². The molecule has 0 bridgehead atoms. The molecule has 3 rings (SSSR count). The number of carbonyl (C=O) groups is 1. The highest BCUT2D eigenvalue weighted by Gasteiger charge is 2.27. The van der Waals surface area contributed by atoms with E-state index in [1.807, 2.05) is 4.72 Å². The molecular formula is C20H19F2N3O4S. The zero-order valence-electron chi connectivity index (χ0n) is 16.4. The van der Waals surface area contributed by atoms with E-state index in [0.717, 1.165) is 12.1 Å². The fourth-order valence-corrected chi connectivity index (χ4v) is 4.32. The van der Waals surface area contributed by atoms with Crippen molar-refractivity contribution in [2.24, 2.45) is 7.05 Å². The normalized spacial score (nSPS) is 11.4. The number of sulfonamides is 1. The SMILES string of the molecule is CCOc1cccc(C)c1S(=O)(=O)NC(=O)c1cn(C)c(-c2c(F)cccc2F)n1. The van der Waals surface area contributed by atoms with Crippen LogP contribution in [0.3, 0.4) is 0 Å². The third-order valence-electron chi connectivity index (χ3n) is 4.27. The molecule has 0 radical (unpaired) electrons. The van der Waals surface area contributed by atoms with Gasteiger partial charge in [0, 0.05) is 13.2 Å². The molecule has 0 unspecified atom stereocenters. The van der Waals surface area contributed by atoms with Crippen molar-refractivity contribution in [3.63, 3.8) is 0 Å². The van der Waals surface area contributed by atoms with Crippen molar-refractivity contribution < 1.29 is 26.7 Å². The van der Waals surface area contributed by atoms with Crippen molar-refractivity contribution >= 4 is 15.9 Å². The number of hydrogen-bond donors (Lipinski definition) is 1. The number of aromatic nitrogens is 2. The van der Waals surface area contributed by atoms with Crippen LogP contribution in [0.2, 0.25) is 0 Å². The van der Waals surface area contributed by atoms with E-state index in [1.54, 1.807) is 26.0 Å². The molecule has 0 saturated carbocycles. The van der Waals surface area contributed by atoms with Gasteiger partial charge in [-0.3, -0.25) is 4.79 Å². The summed E-state index contributed by atoms with van der Waals surface area (Å²) in [6, 6.07) is 8.01. The number of imidazole rings is 1. The maximum absolute atomic E-state index is 14.1. The van der Waals surface area contributed by atoms with E-state index in [-0.39, 0.29) is 28.8 Å². The summed E-state index contributed by atoms with van der Waals surface area (Å²) < 4.78 is 62.4. The quantitative estimate of drug-likeness (QED) is 0.642. The van der Waals surface area contributed by atoms with Crippen molar-refractivity contribution in [1.29, 1.82) is 0 Å². The minimum atomic E-state index is -4.30. The average Bonchev–Trinajstić information content (AvgIpc) is 3.03. The second kappa shape index (κ2) is 8.23. The number of amides is 1. The molecular weight excluding hydrogens is 416 g/mol. The molecule has 0 atom stereocenters. The molecule has 2 aromatic carbocycles. The first-order valence-electron chi connectivity index (χ1n) is 8.93. The summed E-state index contributed by atoms with van der Waals surface area (Å²) in [5.74, 6) is -2.81. The summed E-state index contributed by atoms with van der Waals surface area (Å²) in [6.45, 7) is 3.51. The van der Waals surface area contributed by atoms with Crippen LogP contribution in [0.15, 0.2) is 47.5 Å². The molecule has 1 N–H and O–H groups in total. The van der Waals surface area contributed by atoms with Gasteiger partial charge in [0.15, 0.2) is 0 Å².